The van der Waals surface area contributed by atoms with Crippen molar-refractivity contribution < 1.29 is 4.39 Å². The van der Waals surface area contributed by atoms with Crippen LogP contribution in [0, 0.1) is 17.2 Å². The Bertz CT molecular complexity index is 540. The lowest BCUT2D eigenvalue weighted by atomic mass is 9.78. The first-order valence-electron chi connectivity index (χ1n) is 7.75. The molecule has 0 bridgehead atoms. The SMILES string of the molecule is CCc1ccc(C2CCC(/C=C/C=C(\F)C#N)CC2)cc1. The predicted molar refractivity (Wildman–Crippen MR) is 84.5 cm³/mol. The van der Waals surface area contributed by atoms with Gasteiger partial charge >= 0.3 is 0 Å². The average Bonchev–Trinajstić information content (AvgIpc) is 2.55. The molecule has 0 spiro atoms. The summed E-state index contributed by atoms with van der Waals surface area (Å²) in [5.41, 5.74) is 2.84. The van der Waals surface area contributed by atoms with E-state index in [1.54, 1.807) is 6.08 Å². The standard InChI is InChI=1S/C19H22FN/c1-2-15-6-10-17(11-7-15)18-12-8-16(9-13-18)4-3-5-19(20)14-21/h3-7,10-11,16,18H,2,8-9,12-13H2,1H3/b4-3+,19-5-. The van der Waals surface area contributed by atoms with Gasteiger partial charge < -0.3 is 0 Å². The maximum atomic E-state index is 12.7. The Morgan fingerprint density at radius 2 is 1.90 bits per heavy atom. The topological polar surface area (TPSA) is 23.8 Å². The molecule has 0 aliphatic heterocycles. The van der Waals surface area contributed by atoms with Crippen molar-refractivity contribution >= 4 is 0 Å². The molecule has 0 atom stereocenters. The molecule has 0 aromatic heterocycles. The van der Waals surface area contributed by atoms with E-state index in [1.165, 1.54) is 36.1 Å². The van der Waals surface area contributed by atoms with E-state index in [4.69, 9.17) is 5.26 Å². The van der Waals surface area contributed by atoms with Gasteiger partial charge in [0.2, 0.25) is 0 Å². The van der Waals surface area contributed by atoms with Crippen molar-refractivity contribution in [1.82, 2.24) is 0 Å². The molecule has 0 amide bonds. The monoisotopic (exact) mass is 283 g/mol. The highest BCUT2D eigenvalue weighted by atomic mass is 19.1. The minimum atomic E-state index is -0.726. The fourth-order valence-electron chi connectivity index (χ4n) is 3.00. The summed E-state index contributed by atoms with van der Waals surface area (Å²) in [5, 5.41) is 8.34. The molecule has 1 saturated carbocycles. The fourth-order valence-corrected chi connectivity index (χ4v) is 3.00. The van der Waals surface area contributed by atoms with E-state index in [2.05, 4.69) is 31.2 Å². The van der Waals surface area contributed by atoms with Crippen LogP contribution in [0.3, 0.4) is 0 Å². The van der Waals surface area contributed by atoms with E-state index in [0.29, 0.717) is 11.8 Å². The second-order valence-corrected chi connectivity index (χ2v) is 5.72. The number of aryl methyl sites for hydroxylation is 1. The minimum Gasteiger partial charge on any atom is -0.195 e. The summed E-state index contributed by atoms with van der Waals surface area (Å²) in [6, 6.07) is 10.5. The number of nitrogens with zero attached hydrogens (tertiary/aromatic N) is 1. The normalized spacial score (nSPS) is 23.2. The zero-order valence-electron chi connectivity index (χ0n) is 12.6. The van der Waals surface area contributed by atoms with Gasteiger partial charge in [-0.1, -0.05) is 43.3 Å². The van der Waals surface area contributed by atoms with Crippen LogP contribution in [0.1, 0.15) is 49.7 Å². The maximum Gasteiger partial charge on any atom is 0.199 e. The molecule has 0 heterocycles. The average molecular weight is 283 g/mol. The quantitative estimate of drug-likeness (QED) is 0.532. The molecule has 0 saturated heterocycles. The third-order valence-corrected chi connectivity index (χ3v) is 4.36. The van der Waals surface area contributed by atoms with Gasteiger partial charge in [0.05, 0.1) is 0 Å². The van der Waals surface area contributed by atoms with Gasteiger partial charge in [0.25, 0.3) is 0 Å². The Morgan fingerprint density at radius 1 is 1.24 bits per heavy atom. The number of nitriles is 1. The molecular weight excluding hydrogens is 261 g/mol. The number of halogens is 1. The van der Waals surface area contributed by atoms with E-state index < -0.39 is 5.83 Å². The molecule has 1 aliphatic carbocycles. The Hall–Kier alpha value is -1.88. The van der Waals surface area contributed by atoms with Crippen LogP contribution in [-0.2, 0) is 6.42 Å². The molecule has 1 fully saturated rings. The first-order chi connectivity index (χ1) is 10.2. The van der Waals surface area contributed by atoms with Crippen molar-refractivity contribution in [2.24, 2.45) is 5.92 Å². The van der Waals surface area contributed by atoms with Gasteiger partial charge in [-0.2, -0.15) is 9.65 Å². The maximum absolute atomic E-state index is 12.7. The first-order valence-corrected chi connectivity index (χ1v) is 7.75. The Balaban J connectivity index is 1.86. The molecule has 1 aliphatic rings. The second kappa shape index (κ2) is 7.78. The lowest BCUT2D eigenvalue weighted by Crippen LogP contribution is -2.11. The third-order valence-electron chi connectivity index (χ3n) is 4.36. The van der Waals surface area contributed by atoms with Gasteiger partial charge in [-0.3, -0.25) is 0 Å². The molecule has 0 N–H and O–H groups in total. The van der Waals surface area contributed by atoms with Crippen LogP contribution >= 0.6 is 0 Å². The molecule has 2 rings (SSSR count). The van der Waals surface area contributed by atoms with E-state index in [-0.39, 0.29) is 0 Å². The van der Waals surface area contributed by atoms with Crippen LogP contribution in [-0.4, -0.2) is 0 Å². The number of benzene rings is 1. The van der Waals surface area contributed by atoms with Gasteiger partial charge in [-0.05, 0) is 61.1 Å². The van der Waals surface area contributed by atoms with Crippen molar-refractivity contribution in [3.63, 3.8) is 0 Å². The zero-order valence-corrected chi connectivity index (χ0v) is 12.6. The van der Waals surface area contributed by atoms with Crippen molar-refractivity contribution in [2.75, 3.05) is 0 Å². The van der Waals surface area contributed by atoms with E-state index in [1.807, 2.05) is 6.08 Å². The highest BCUT2D eigenvalue weighted by molar-refractivity contribution is 5.26. The molecule has 110 valence electrons. The van der Waals surface area contributed by atoms with Gasteiger partial charge in [0.1, 0.15) is 6.07 Å². The van der Waals surface area contributed by atoms with Crippen molar-refractivity contribution in [1.29, 1.82) is 5.26 Å². The van der Waals surface area contributed by atoms with Gasteiger partial charge in [0, 0.05) is 0 Å². The molecule has 1 nitrogen and oxygen atoms in total. The number of rotatable bonds is 4. The molecule has 0 radical (unpaired) electrons. The largest absolute Gasteiger partial charge is 0.199 e. The summed E-state index contributed by atoms with van der Waals surface area (Å²) in [4.78, 5) is 0. The summed E-state index contributed by atoms with van der Waals surface area (Å²) in [6.07, 6.45) is 10.7. The highest BCUT2D eigenvalue weighted by Gasteiger charge is 2.20. The van der Waals surface area contributed by atoms with E-state index >= 15 is 0 Å². The van der Waals surface area contributed by atoms with Crippen LogP contribution in [0.4, 0.5) is 4.39 Å². The van der Waals surface area contributed by atoms with E-state index in [9.17, 15) is 4.39 Å². The third kappa shape index (κ3) is 4.56. The zero-order chi connectivity index (χ0) is 15.1. The number of hydrogen-bond acceptors (Lipinski definition) is 1. The molecule has 1 aromatic rings. The summed E-state index contributed by atoms with van der Waals surface area (Å²) in [6.45, 7) is 2.18. The lowest BCUT2D eigenvalue weighted by Gasteiger charge is -2.27. The first kappa shape index (κ1) is 15.5. The van der Waals surface area contributed by atoms with E-state index in [0.717, 1.165) is 19.3 Å². The van der Waals surface area contributed by atoms with Crippen LogP contribution in [0.15, 0.2) is 48.3 Å². The Labute approximate surface area is 126 Å². The summed E-state index contributed by atoms with van der Waals surface area (Å²) in [7, 11) is 0. The minimum absolute atomic E-state index is 0.513. The number of hydrogen-bond donors (Lipinski definition) is 0. The smallest absolute Gasteiger partial charge is 0.195 e. The highest BCUT2D eigenvalue weighted by Crippen LogP contribution is 2.36. The summed E-state index contributed by atoms with van der Waals surface area (Å²) < 4.78 is 12.7. The van der Waals surface area contributed by atoms with Crippen LogP contribution < -0.4 is 0 Å². The van der Waals surface area contributed by atoms with Gasteiger partial charge in [-0.25, -0.2) is 0 Å². The van der Waals surface area contributed by atoms with Crippen LogP contribution in [0.25, 0.3) is 0 Å². The lowest BCUT2D eigenvalue weighted by molar-refractivity contribution is 0.376. The molecule has 21 heavy (non-hydrogen) atoms. The Kier molecular flexibility index (Phi) is 5.75. The van der Waals surface area contributed by atoms with Crippen molar-refractivity contribution in [3.8, 4) is 6.07 Å². The van der Waals surface area contributed by atoms with Crippen LogP contribution in [0.5, 0.6) is 0 Å². The van der Waals surface area contributed by atoms with Gasteiger partial charge in [0.15, 0.2) is 5.83 Å². The van der Waals surface area contributed by atoms with Crippen molar-refractivity contribution in [2.45, 2.75) is 44.9 Å². The second-order valence-electron chi connectivity index (χ2n) is 5.72. The molecule has 1 aromatic carbocycles. The molecular formula is C19H22FN. The van der Waals surface area contributed by atoms with Crippen molar-refractivity contribution in [3.05, 3.63) is 59.4 Å². The fraction of sp³-hybridized carbons (Fsp3) is 0.421. The predicted octanol–water partition coefficient (Wildman–Crippen LogP) is 5.46. The summed E-state index contributed by atoms with van der Waals surface area (Å²) in [5.74, 6) is 0.446. The molecule has 2 heteroatoms. The number of allylic oxidation sites excluding steroid dienone is 4. The molecule has 0 unspecified atom stereocenters. The van der Waals surface area contributed by atoms with Gasteiger partial charge in [-0.15, -0.1) is 0 Å². The Morgan fingerprint density at radius 3 is 2.48 bits per heavy atom. The van der Waals surface area contributed by atoms with Crippen LogP contribution in [0.2, 0.25) is 0 Å². The summed E-state index contributed by atoms with van der Waals surface area (Å²) >= 11 is 0.